The van der Waals surface area contributed by atoms with Crippen LogP contribution in [-0.2, 0) is 24.0 Å². The molecule has 0 heterocycles. The minimum atomic E-state index is -1.51. The van der Waals surface area contributed by atoms with Crippen LogP contribution in [0.25, 0.3) is 0 Å². The van der Waals surface area contributed by atoms with Gasteiger partial charge in [-0.05, 0) is 11.8 Å². The van der Waals surface area contributed by atoms with Crippen molar-refractivity contribution in [2.45, 2.75) is 65.1 Å². The van der Waals surface area contributed by atoms with E-state index in [-0.39, 0.29) is 12.5 Å². The highest BCUT2D eigenvalue weighted by Gasteiger charge is 2.33. The number of hydrogen-bond donors (Lipinski definition) is 6. The molecular weight excluding hydrogens is 384 g/mol. The van der Waals surface area contributed by atoms with Crippen molar-refractivity contribution in [1.29, 1.82) is 0 Å². The molecule has 11 nitrogen and oxygen atoms in total. The molecule has 0 bridgehead atoms. The summed E-state index contributed by atoms with van der Waals surface area (Å²) in [5, 5.41) is 25.5. The Labute approximate surface area is 169 Å². The molecule has 29 heavy (non-hydrogen) atoms. The molecule has 5 atom stereocenters. The van der Waals surface area contributed by atoms with Crippen molar-refractivity contribution in [1.82, 2.24) is 16.0 Å². The number of nitrogens with two attached hydrogens (primary N) is 1. The summed E-state index contributed by atoms with van der Waals surface area (Å²) in [5.41, 5.74) is 5.26. The van der Waals surface area contributed by atoms with Crippen LogP contribution in [0.5, 0.6) is 0 Å². The van der Waals surface area contributed by atoms with Crippen molar-refractivity contribution in [3.63, 3.8) is 0 Å². The maximum Gasteiger partial charge on any atom is 0.326 e. The standard InChI is InChI=1S/C18H32N4O7/c1-5-9(3)14(21-12(23)8-19)17(27)20-11(7-13(24)25)16(26)22-15(18(28)29)10(4)6-2/h9-11,14-15H,5-8,19H2,1-4H3,(H,20,27)(H,21,23)(H,22,26)(H,24,25)(H,28,29). The maximum atomic E-state index is 12.6. The van der Waals surface area contributed by atoms with Gasteiger partial charge in [-0.1, -0.05) is 40.5 Å². The Balaban J connectivity index is 5.50. The largest absolute Gasteiger partial charge is 0.481 e. The molecule has 0 aromatic heterocycles. The highest BCUT2D eigenvalue weighted by atomic mass is 16.4. The molecule has 0 radical (unpaired) electrons. The molecule has 0 aliphatic carbocycles. The average molecular weight is 416 g/mol. The first kappa shape index (κ1) is 26.3. The summed E-state index contributed by atoms with van der Waals surface area (Å²) in [4.78, 5) is 59.4. The predicted octanol–water partition coefficient (Wildman–Crippen LogP) is -0.949. The zero-order valence-electron chi connectivity index (χ0n) is 17.2. The van der Waals surface area contributed by atoms with Crippen LogP contribution >= 0.6 is 0 Å². The molecule has 11 heteroatoms. The molecule has 0 rings (SSSR count). The minimum absolute atomic E-state index is 0.314. The van der Waals surface area contributed by atoms with E-state index in [0.717, 1.165) is 0 Å². The van der Waals surface area contributed by atoms with E-state index in [4.69, 9.17) is 10.8 Å². The fourth-order valence-electron chi connectivity index (χ4n) is 2.52. The van der Waals surface area contributed by atoms with E-state index in [1.807, 2.05) is 0 Å². The lowest BCUT2D eigenvalue weighted by molar-refractivity contribution is -0.144. The minimum Gasteiger partial charge on any atom is -0.481 e. The van der Waals surface area contributed by atoms with E-state index < -0.39 is 60.1 Å². The Kier molecular flexibility index (Phi) is 11.5. The average Bonchev–Trinajstić information content (AvgIpc) is 2.67. The highest BCUT2D eigenvalue weighted by Crippen LogP contribution is 2.11. The Bertz CT molecular complexity index is 611. The van der Waals surface area contributed by atoms with Gasteiger partial charge in [0.1, 0.15) is 18.1 Å². The third-order valence-corrected chi connectivity index (χ3v) is 4.79. The number of hydrogen-bond acceptors (Lipinski definition) is 6. The van der Waals surface area contributed by atoms with Gasteiger partial charge in [-0.25, -0.2) is 4.79 Å². The first-order chi connectivity index (χ1) is 13.5. The quantitative estimate of drug-likeness (QED) is 0.221. The third-order valence-electron chi connectivity index (χ3n) is 4.79. The van der Waals surface area contributed by atoms with Gasteiger partial charge in [-0.2, -0.15) is 0 Å². The Hall–Kier alpha value is -2.69. The van der Waals surface area contributed by atoms with Crippen molar-refractivity contribution in [2.75, 3.05) is 6.54 Å². The predicted molar refractivity (Wildman–Crippen MR) is 104 cm³/mol. The lowest BCUT2D eigenvalue weighted by Gasteiger charge is -2.27. The van der Waals surface area contributed by atoms with Gasteiger partial charge in [0, 0.05) is 0 Å². The monoisotopic (exact) mass is 416 g/mol. The number of carbonyl (C=O) groups excluding carboxylic acids is 3. The molecular formula is C18H32N4O7. The van der Waals surface area contributed by atoms with Crippen LogP contribution < -0.4 is 21.7 Å². The fraction of sp³-hybridized carbons (Fsp3) is 0.722. The van der Waals surface area contributed by atoms with Gasteiger partial charge in [0.15, 0.2) is 0 Å². The molecule has 5 unspecified atom stereocenters. The zero-order chi connectivity index (χ0) is 22.7. The SMILES string of the molecule is CCC(C)C(NC(=O)C(CC(=O)O)NC(=O)C(NC(=O)CN)C(C)CC)C(=O)O. The number of aliphatic carboxylic acids is 2. The van der Waals surface area contributed by atoms with E-state index in [2.05, 4.69) is 16.0 Å². The van der Waals surface area contributed by atoms with Crippen molar-refractivity contribution in [3.05, 3.63) is 0 Å². The van der Waals surface area contributed by atoms with E-state index in [0.29, 0.717) is 12.8 Å². The van der Waals surface area contributed by atoms with Crippen molar-refractivity contribution in [3.8, 4) is 0 Å². The van der Waals surface area contributed by atoms with E-state index in [1.165, 1.54) is 0 Å². The second kappa shape index (κ2) is 12.7. The number of carboxylic acid groups (broad SMARTS) is 2. The molecule has 0 aromatic carbocycles. The van der Waals surface area contributed by atoms with Gasteiger partial charge in [-0.3, -0.25) is 19.2 Å². The fourth-order valence-corrected chi connectivity index (χ4v) is 2.52. The zero-order valence-corrected chi connectivity index (χ0v) is 17.2. The lowest BCUT2D eigenvalue weighted by Crippen LogP contribution is -2.58. The summed E-state index contributed by atoms with van der Waals surface area (Å²) in [6.07, 6.45) is 0.241. The molecule has 0 aliphatic heterocycles. The molecule has 0 aliphatic rings. The number of carbonyl (C=O) groups is 5. The number of amides is 3. The number of carboxylic acids is 2. The number of nitrogens with one attached hydrogen (secondary N) is 3. The molecule has 3 amide bonds. The molecule has 7 N–H and O–H groups in total. The molecule has 0 saturated carbocycles. The molecule has 0 aromatic rings. The molecule has 0 spiro atoms. The van der Waals surface area contributed by atoms with Crippen LogP contribution in [0.2, 0.25) is 0 Å². The Morgan fingerprint density at radius 3 is 1.76 bits per heavy atom. The highest BCUT2D eigenvalue weighted by molar-refractivity contribution is 5.95. The van der Waals surface area contributed by atoms with Gasteiger partial charge >= 0.3 is 11.9 Å². The Morgan fingerprint density at radius 1 is 0.828 bits per heavy atom. The van der Waals surface area contributed by atoms with E-state index >= 15 is 0 Å². The number of rotatable bonds is 13. The first-order valence-corrected chi connectivity index (χ1v) is 9.53. The molecule has 0 saturated heterocycles. The summed E-state index contributed by atoms with van der Waals surface area (Å²) in [6.45, 7) is 6.54. The van der Waals surface area contributed by atoms with Crippen LogP contribution in [-0.4, -0.2) is 64.5 Å². The van der Waals surface area contributed by atoms with E-state index in [9.17, 15) is 29.1 Å². The normalized spacial score (nSPS) is 15.9. The van der Waals surface area contributed by atoms with E-state index in [1.54, 1.807) is 27.7 Å². The summed E-state index contributed by atoms with van der Waals surface area (Å²) >= 11 is 0. The van der Waals surface area contributed by atoms with Crippen molar-refractivity contribution >= 4 is 29.7 Å². The smallest absolute Gasteiger partial charge is 0.326 e. The summed E-state index contributed by atoms with van der Waals surface area (Å²) in [6, 6.07) is -3.76. The van der Waals surface area contributed by atoms with Crippen LogP contribution in [0.1, 0.15) is 47.0 Å². The molecule has 166 valence electrons. The maximum absolute atomic E-state index is 12.6. The van der Waals surface area contributed by atoms with Crippen LogP contribution in [0, 0.1) is 11.8 Å². The summed E-state index contributed by atoms with van der Waals surface area (Å²) < 4.78 is 0. The van der Waals surface area contributed by atoms with Crippen LogP contribution in [0.15, 0.2) is 0 Å². The van der Waals surface area contributed by atoms with Gasteiger partial charge in [0.05, 0.1) is 13.0 Å². The topological polar surface area (TPSA) is 188 Å². The van der Waals surface area contributed by atoms with Gasteiger partial charge in [-0.15, -0.1) is 0 Å². The Morgan fingerprint density at radius 2 is 1.34 bits per heavy atom. The van der Waals surface area contributed by atoms with Crippen LogP contribution in [0.4, 0.5) is 0 Å². The molecule has 0 fully saturated rings. The first-order valence-electron chi connectivity index (χ1n) is 9.53. The van der Waals surface area contributed by atoms with Crippen LogP contribution in [0.3, 0.4) is 0 Å². The second-order valence-electron chi connectivity index (χ2n) is 7.00. The summed E-state index contributed by atoms with van der Waals surface area (Å²) in [7, 11) is 0. The van der Waals surface area contributed by atoms with Gasteiger partial charge < -0.3 is 31.9 Å². The lowest BCUT2D eigenvalue weighted by atomic mass is 9.97. The third kappa shape index (κ3) is 8.90. The summed E-state index contributed by atoms with van der Waals surface area (Å²) in [5.74, 6) is -5.60. The van der Waals surface area contributed by atoms with Gasteiger partial charge in [0.25, 0.3) is 0 Å². The van der Waals surface area contributed by atoms with Crippen molar-refractivity contribution < 1.29 is 34.2 Å². The second-order valence-corrected chi connectivity index (χ2v) is 7.00. The van der Waals surface area contributed by atoms with Crippen molar-refractivity contribution in [2.24, 2.45) is 17.6 Å². The van der Waals surface area contributed by atoms with Gasteiger partial charge in [0.2, 0.25) is 17.7 Å².